The van der Waals surface area contributed by atoms with Crippen molar-refractivity contribution in [3.8, 4) is 29.0 Å². The van der Waals surface area contributed by atoms with Crippen LogP contribution in [-0.2, 0) is 11.2 Å². The highest BCUT2D eigenvalue weighted by molar-refractivity contribution is 5.91. The molecule has 0 aliphatic carbocycles. The maximum atomic E-state index is 12.4. The molecule has 8 heteroatoms. The van der Waals surface area contributed by atoms with Crippen LogP contribution >= 0.6 is 0 Å². The molecule has 1 amide bonds. The average molecular weight is 409 g/mol. The maximum Gasteiger partial charge on any atom is 0.321 e. The van der Waals surface area contributed by atoms with Crippen molar-refractivity contribution in [3.63, 3.8) is 0 Å². The fourth-order valence-electron chi connectivity index (χ4n) is 2.88. The number of anilines is 1. The second-order valence-corrected chi connectivity index (χ2v) is 6.20. The molecule has 0 spiro atoms. The summed E-state index contributed by atoms with van der Waals surface area (Å²) in [5.41, 5.74) is 1.53. The van der Waals surface area contributed by atoms with Gasteiger partial charge in [0.05, 0.1) is 21.3 Å². The lowest BCUT2D eigenvalue weighted by Crippen LogP contribution is -2.12. The molecule has 0 bridgehead atoms. The number of carbonyl (C=O) groups is 1. The van der Waals surface area contributed by atoms with Gasteiger partial charge in [0.15, 0.2) is 11.5 Å². The molecule has 3 aromatic rings. The highest BCUT2D eigenvalue weighted by atomic mass is 16.5. The largest absolute Gasteiger partial charge is 0.493 e. The number of hydrogen-bond acceptors (Lipinski definition) is 7. The van der Waals surface area contributed by atoms with Gasteiger partial charge in [0.1, 0.15) is 5.75 Å². The molecule has 1 heterocycles. The number of benzene rings is 2. The van der Waals surface area contributed by atoms with Crippen LogP contribution in [0.1, 0.15) is 12.0 Å². The van der Waals surface area contributed by atoms with E-state index in [0.29, 0.717) is 35.1 Å². The molecule has 0 fully saturated rings. The van der Waals surface area contributed by atoms with E-state index >= 15 is 0 Å². The van der Waals surface area contributed by atoms with Gasteiger partial charge in [-0.2, -0.15) is 0 Å². The second kappa shape index (κ2) is 10.1. The lowest BCUT2D eigenvalue weighted by Gasteiger charge is -2.15. The van der Waals surface area contributed by atoms with Gasteiger partial charge >= 0.3 is 6.01 Å². The van der Waals surface area contributed by atoms with Gasteiger partial charge in [-0.15, -0.1) is 0 Å². The summed E-state index contributed by atoms with van der Waals surface area (Å²) < 4.78 is 21.7. The monoisotopic (exact) mass is 409 g/mol. The van der Waals surface area contributed by atoms with Crippen LogP contribution in [0.15, 0.2) is 54.9 Å². The van der Waals surface area contributed by atoms with Gasteiger partial charge in [-0.05, 0) is 48.4 Å². The van der Waals surface area contributed by atoms with Gasteiger partial charge in [-0.25, -0.2) is 9.97 Å². The standard InChI is InChI=1S/C22H23N3O5/c1-27-18-11-5-15(20(28-2)21(18)29-3)6-12-19(26)25-16-7-9-17(10-8-16)30-22-23-13-4-14-24-22/h4-5,7-11,13-14H,6,12H2,1-3H3,(H,25,26). The summed E-state index contributed by atoms with van der Waals surface area (Å²) in [5, 5.41) is 2.87. The van der Waals surface area contributed by atoms with E-state index in [1.807, 2.05) is 6.07 Å². The molecule has 156 valence electrons. The second-order valence-electron chi connectivity index (χ2n) is 6.20. The van der Waals surface area contributed by atoms with E-state index < -0.39 is 0 Å². The molecule has 0 atom stereocenters. The average Bonchev–Trinajstić information content (AvgIpc) is 2.78. The van der Waals surface area contributed by atoms with Crippen molar-refractivity contribution in [2.45, 2.75) is 12.8 Å². The van der Waals surface area contributed by atoms with Gasteiger partial charge in [0.2, 0.25) is 11.7 Å². The molecule has 0 unspecified atom stereocenters. The predicted octanol–water partition coefficient (Wildman–Crippen LogP) is 3.87. The van der Waals surface area contributed by atoms with Crippen LogP contribution < -0.4 is 24.3 Å². The normalized spacial score (nSPS) is 10.2. The minimum Gasteiger partial charge on any atom is -0.493 e. The third-order valence-electron chi connectivity index (χ3n) is 4.30. The number of aryl methyl sites for hydroxylation is 1. The molecule has 30 heavy (non-hydrogen) atoms. The Bertz CT molecular complexity index is 978. The van der Waals surface area contributed by atoms with E-state index in [9.17, 15) is 4.79 Å². The smallest absolute Gasteiger partial charge is 0.321 e. The number of ether oxygens (including phenoxy) is 4. The Morgan fingerprint density at radius 1 is 0.900 bits per heavy atom. The summed E-state index contributed by atoms with van der Waals surface area (Å²) in [4.78, 5) is 20.4. The topological polar surface area (TPSA) is 91.8 Å². The Labute approximate surface area is 174 Å². The Kier molecular flexibility index (Phi) is 7.05. The molecule has 0 aliphatic heterocycles. The van der Waals surface area contributed by atoms with E-state index in [2.05, 4.69) is 15.3 Å². The minimum atomic E-state index is -0.119. The molecule has 0 saturated heterocycles. The first kappa shape index (κ1) is 20.9. The Hall–Kier alpha value is -3.81. The minimum absolute atomic E-state index is 0.119. The maximum absolute atomic E-state index is 12.4. The van der Waals surface area contributed by atoms with Crippen molar-refractivity contribution in [1.82, 2.24) is 9.97 Å². The number of carbonyl (C=O) groups excluding carboxylic acids is 1. The molecule has 1 aromatic heterocycles. The van der Waals surface area contributed by atoms with Crippen molar-refractivity contribution in [1.29, 1.82) is 0 Å². The van der Waals surface area contributed by atoms with Crippen LogP contribution in [-0.4, -0.2) is 37.2 Å². The third kappa shape index (κ3) is 5.16. The number of amides is 1. The number of aromatic nitrogens is 2. The lowest BCUT2D eigenvalue weighted by molar-refractivity contribution is -0.116. The molecule has 0 saturated carbocycles. The SMILES string of the molecule is COc1ccc(CCC(=O)Nc2ccc(Oc3ncccn3)cc2)c(OC)c1OC. The zero-order chi connectivity index (χ0) is 21.3. The molecule has 0 radical (unpaired) electrons. The van der Waals surface area contributed by atoms with Gasteiger partial charge in [-0.1, -0.05) is 6.07 Å². The zero-order valence-corrected chi connectivity index (χ0v) is 17.0. The summed E-state index contributed by atoms with van der Waals surface area (Å²) in [6.07, 6.45) is 3.97. The summed E-state index contributed by atoms with van der Waals surface area (Å²) in [6, 6.07) is 12.6. The van der Waals surface area contributed by atoms with Crippen LogP contribution in [0.5, 0.6) is 29.0 Å². The first-order valence-corrected chi connectivity index (χ1v) is 9.27. The van der Waals surface area contributed by atoms with Gasteiger partial charge in [-0.3, -0.25) is 4.79 Å². The van der Waals surface area contributed by atoms with Crippen LogP contribution in [0.25, 0.3) is 0 Å². The van der Waals surface area contributed by atoms with Crippen molar-refractivity contribution < 1.29 is 23.7 Å². The van der Waals surface area contributed by atoms with Gasteiger partial charge in [0, 0.05) is 24.5 Å². The fourth-order valence-corrected chi connectivity index (χ4v) is 2.88. The lowest BCUT2D eigenvalue weighted by atomic mass is 10.1. The third-order valence-corrected chi connectivity index (χ3v) is 4.30. The number of nitrogens with zero attached hydrogens (tertiary/aromatic N) is 2. The van der Waals surface area contributed by atoms with Crippen LogP contribution in [0.2, 0.25) is 0 Å². The van der Waals surface area contributed by atoms with Crippen LogP contribution in [0.3, 0.4) is 0 Å². The number of hydrogen-bond donors (Lipinski definition) is 1. The molecule has 8 nitrogen and oxygen atoms in total. The Morgan fingerprint density at radius 3 is 2.23 bits per heavy atom. The van der Waals surface area contributed by atoms with Crippen LogP contribution in [0, 0.1) is 0 Å². The number of nitrogens with one attached hydrogen (secondary N) is 1. The van der Waals surface area contributed by atoms with Crippen molar-refractivity contribution in [3.05, 3.63) is 60.4 Å². The number of methoxy groups -OCH3 is 3. The Balaban J connectivity index is 1.58. The van der Waals surface area contributed by atoms with Crippen molar-refractivity contribution >= 4 is 11.6 Å². The fraction of sp³-hybridized carbons (Fsp3) is 0.227. The van der Waals surface area contributed by atoms with E-state index in [4.69, 9.17) is 18.9 Å². The van der Waals surface area contributed by atoms with Crippen LogP contribution in [0.4, 0.5) is 5.69 Å². The van der Waals surface area contributed by atoms with Gasteiger partial charge < -0.3 is 24.3 Å². The first-order valence-electron chi connectivity index (χ1n) is 9.27. The summed E-state index contributed by atoms with van der Waals surface area (Å²) >= 11 is 0. The Morgan fingerprint density at radius 2 is 1.60 bits per heavy atom. The van der Waals surface area contributed by atoms with E-state index in [0.717, 1.165) is 5.56 Å². The van der Waals surface area contributed by atoms with Crippen molar-refractivity contribution in [2.75, 3.05) is 26.6 Å². The molecule has 3 rings (SSSR count). The first-order chi connectivity index (χ1) is 14.6. The molecule has 2 aromatic carbocycles. The predicted molar refractivity (Wildman–Crippen MR) is 112 cm³/mol. The summed E-state index contributed by atoms with van der Waals surface area (Å²) in [6.45, 7) is 0. The highest BCUT2D eigenvalue weighted by Crippen LogP contribution is 2.40. The molecular weight excluding hydrogens is 386 g/mol. The summed E-state index contributed by atoms with van der Waals surface area (Å²) in [5.74, 6) is 2.11. The quantitative estimate of drug-likeness (QED) is 0.574. The molecule has 1 N–H and O–H groups in total. The van der Waals surface area contributed by atoms with E-state index in [-0.39, 0.29) is 18.3 Å². The van der Waals surface area contributed by atoms with E-state index in [1.54, 1.807) is 70.1 Å². The zero-order valence-electron chi connectivity index (χ0n) is 17.0. The molecular formula is C22H23N3O5. The van der Waals surface area contributed by atoms with Crippen molar-refractivity contribution in [2.24, 2.45) is 0 Å². The highest BCUT2D eigenvalue weighted by Gasteiger charge is 2.16. The van der Waals surface area contributed by atoms with Gasteiger partial charge in [0.25, 0.3) is 0 Å². The van der Waals surface area contributed by atoms with E-state index in [1.165, 1.54) is 0 Å². The number of rotatable bonds is 9. The molecule has 0 aliphatic rings. The summed E-state index contributed by atoms with van der Waals surface area (Å²) in [7, 11) is 4.67.